The highest BCUT2D eigenvalue weighted by Crippen LogP contribution is 2.29. The normalized spacial score (nSPS) is 13.4. The monoisotopic (exact) mass is 422 g/mol. The molecule has 1 amide bonds. The zero-order valence-electron chi connectivity index (χ0n) is 18.5. The molecule has 164 valence electrons. The van der Waals surface area contributed by atoms with Gasteiger partial charge in [0.15, 0.2) is 0 Å². The number of rotatable bonds is 9. The van der Waals surface area contributed by atoms with E-state index in [9.17, 15) is 4.79 Å². The Balaban J connectivity index is 1.61. The van der Waals surface area contributed by atoms with Crippen molar-refractivity contribution < 1.29 is 9.32 Å². The van der Waals surface area contributed by atoms with E-state index in [1.165, 1.54) is 0 Å². The van der Waals surface area contributed by atoms with Crippen molar-refractivity contribution in [3.05, 3.63) is 47.7 Å². The van der Waals surface area contributed by atoms with Gasteiger partial charge in [0.05, 0.1) is 30.0 Å². The number of hydrogen-bond acceptors (Lipinski definition) is 6. The molecule has 0 bridgehead atoms. The van der Waals surface area contributed by atoms with Crippen molar-refractivity contribution in [2.24, 2.45) is 0 Å². The molecular weight excluding hydrogens is 392 g/mol. The minimum atomic E-state index is -0.0125. The van der Waals surface area contributed by atoms with E-state index in [4.69, 9.17) is 4.52 Å². The number of amides is 1. The van der Waals surface area contributed by atoms with Crippen LogP contribution in [0.2, 0.25) is 0 Å². The number of imidazole rings is 1. The van der Waals surface area contributed by atoms with Crippen molar-refractivity contribution in [1.82, 2.24) is 29.5 Å². The summed E-state index contributed by atoms with van der Waals surface area (Å²) in [5.41, 5.74) is 3.01. The fourth-order valence-corrected chi connectivity index (χ4v) is 3.93. The molecule has 0 unspecified atom stereocenters. The second-order valence-electron chi connectivity index (χ2n) is 8.08. The van der Waals surface area contributed by atoms with Gasteiger partial charge in [-0.25, -0.2) is 4.98 Å². The fraction of sp³-hybridized carbons (Fsp3) is 0.478. The lowest BCUT2D eigenvalue weighted by molar-refractivity contribution is 0.0788. The molecule has 0 fully saturated rings. The van der Waals surface area contributed by atoms with Gasteiger partial charge in [-0.15, -0.1) is 0 Å². The maximum absolute atomic E-state index is 12.8. The molecule has 0 aliphatic carbocycles. The average molecular weight is 423 g/mol. The topological polar surface area (TPSA) is 80.3 Å². The molecule has 4 rings (SSSR count). The zero-order chi connectivity index (χ0) is 21.8. The number of hydrogen-bond donors (Lipinski definition) is 0. The van der Waals surface area contributed by atoms with Crippen molar-refractivity contribution >= 4 is 5.91 Å². The van der Waals surface area contributed by atoms with Crippen LogP contribution in [0.5, 0.6) is 0 Å². The second kappa shape index (κ2) is 9.43. The summed E-state index contributed by atoms with van der Waals surface area (Å²) in [6.07, 6.45) is 6.36. The molecule has 0 saturated carbocycles. The van der Waals surface area contributed by atoms with Gasteiger partial charge >= 0.3 is 0 Å². The van der Waals surface area contributed by atoms with Crippen molar-refractivity contribution in [1.29, 1.82) is 0 Å². The quantitative estimate of drug-likeness (QED) is 0.520. The first-order chi connectivity index (χ1) is 15.1. The molecule has 8 heteroatoms. The molecule has 1 aliphatic heterocycles. The third-order valence-corrected chi connectivity index (χ3v) is 5.69. The third kappa shape index (κ3) is 4.39. The summed E-state index contributed by atoms with van der Waals surface area (Å²) in [4.78, 5) is 26.1. The Hall–Kier alpha value is -3.00. The van der Waals surface area contributed by atoms with E-state index in [2.05, 4.69) is 33.9 Å². The highest BCUT2D eigenvalue weighted by Gasteiger charge is 2.28. The largest absolute Gasteiger partial charge is 0.337 e. The van der Waals surface area contributed by atoms with Crippen LogP contribution < -0.4 is 0 Å². The van der Waals surface area contributed by atoms with E-state index >= 15 is 0 Å². The fourth-order valence-electron chi connectivity index (χ4n) is 3.93. The summed E-state index contributed by atoms with van der Waals surface area (Å²) in [7, 11) is 1.80. The summed E-state index contributed by atoms with van der Waals surface area (Å²) >= 11 is 0. The van der Waals surface area contributed by atoms with Crippen LogP contribution in [-0.4, -0.2) is 55.5 Å². The van der Waals surface area contributed by atoms with E-state index in [0.717, 1.165) is 50.2 Å². The lowest BCUT2D eigenvalue weighted by Crippen LogP contribution is -2.25. The van der Waals surface area contributed by atoms with E-state index < -0.39 is 0 Å². The molecule has 3 heterocycles. The SMILES string of the molecule is CCCCN(CCCC)Cc1nc(-c2ncn3c2CN(C)C(=O)c2ccccc2-3)no1. The molecule has 2 aromatic heterocycles. The van der Waals surface area contributed by atoms with Crippen molar-refractivity contribution in [2.75, 3.05) is 20.1 Å². The predicted molar refractivity (Wildman–Crippen MR) is 118 cm³/mol. The first kappa shape index (κ1) is 21.2. The molecule has 0 saturated heterocycles. The number of carbonyl (C=O) groups is 1. The summed E-state index contributed by atoms with van der Waals surface area (Å²) in [5, 5.41) is 4.22. The first-order valence-electron chi connectivity index (χ1n) is 11.1. The van der Waals surface area contributed by atoms with Gasteiger partial charge in [0, 0.05) is 7.05 Å². The van der Waals surface area contributed by atoms with Crippen LogP contribution in [0.4, 0.5) is 0 Å². The maximum Gasteiger partial charge on any atom is 0.256 e. The lowest BCUT2D eigenvalue weighted by Gasteiger charge is -2.19. The number of para-hydroxylation sites is 1. The predicted octanol–water partition coefficient (Wildman–Crippen LogP) is 3.91. The van der Waals surface area contributed by atoms with E-state index in [1.54, 1.807) is 18.3 Å². The molecule has 1 aliphatic rings. The van der Waals surface area contributed by atoms with Crippen LogP contribution in [0, 0.1) is 0 Å². The molecule has 0 radical (unpaired) electrons. The van der Waals surface area contributed by atoms with Crippen LogP contribution in [0.3, 0.4) is 0 Å². The molecule has 1 aromatic carbocycles. The molecule has 0 atom stereocenters. The van der Waals surface area contributed by atoms with Crippen LogP contribution in [0.25, 0.3) is 17.2 Å². The first-order valence-corrected chi connectivity index (χ1v) is 11.1. The lowest BCUT2D eigenvalue weighted by atomic mass is 10.1. The second-order valence-corrected chi connectivity index (χ2v) is 8.08. The Labute approximate surface area is 182 Å². The van der Waals surface area contributed by atoms with Gasteiger partial charge in [-0.3, -0.25) is 14.3 Å². The minimum absolute atomic E-state index is 0.0125. The molecule has 31 heavy (non-hydrogen) atoms. The van der Waals surface area contributed by atoms with Gasteiger partial charge < -0.3 is 9.42 Å². The smallest absolute Gasteiger partial charge is 0.256 e. The molecule has 0 spiro atoms. The molecule has 8 nitrogen and oxygen atoms in total. The highest BCUT2D eigenvalue weighted by atomic mass is 16.5. The number of benzene rings is 1. The Bertz CT molecular complexity index is 1030. The van der Waals surface area contributed by atoms with E-state index in [-0.39, 0.29) is 5.91 Å². The van der Waals surface area contributed by atoms with Crippen LogP contribution >= 0.6 is 0 Å². The Kier molecular flexibility index (Phi) is 6.46. The average Bonchev–Trinajstić information content (AvgIpc) is 3.39. The van der Waals surface area contributed by atoms with Crippen molar-refractivity contribution in [3.63, 3.8) is 0 Å². The van der Waals surface area contributed by atoms with Gasteiger partial charge in [-0.2, -0.15) is 4.98 Å². The summed E-state index contributed by atoms with van der Waals surface area (Å²) in [6.45, 7) is 7.52. The van der Waals surface area contributed by atoms with Crippen molar-refractivity contribution in [3.8, 4) is 17.2 Å². The summed E-state index contributed by atoms with van der Waals surface area (Å²) in [6, 6.07) is 7.58. The highest BCUT2D eigenvalue weighted by molar-refractivity contribution is 5.98. The Morgan fingerprint density at radius 1 is 1.13 bits per heavy atom. The van der Waals surface area contributed by atoms with Gasteiger partial charge in [0.1, 0.15) is 12.0 Å². The van der Waals surface area contributed by atoms with Gasteiger partial charge in [-0.05, 0) is 38.1 Å². The van der Waals surface area contributed by atoms with E-state index in [1.807, 2.05) is 28.8 Å². The number of carbonyl (C=O) groups excluding carboxylic acids is 1. The van der Waals surface area contributed by atoms with Gasteiger partial charge in [0.2, 0.25) is 11.7 Å². The standard InChI is InChI=1S/C23H30N6O2/c1-4-6-12-28(13-7-5-2)15-20-25-22(26-31-20)21-19-14-27(3)23(30)17-10-8-9-11-18(17)29(19)16-24-21/h8-11,16H,4-7,12-15H2,1-3H3. The third-order valence-electron chi connectivity index (χ3n) is 5.69. The van der Waals surface area contributed by atoms with Crippen molar-refractivity contribution in [2.45, 2.75) is 52.6 Å². The number of aromatic nitrogens is 4. The van der Waals surface area contributed by atoms with Gasteiger partial charge in [0.25, 0.3) is 5.91 Å². The Morgan fingerprint density at radius 3 is 2.61 bits per heavy atom. The molecule has 0 N–H and O–H groups in total. The number of unbranched alkanes of at least 4 members (excludes halogenated alkanes) is 2. The van der Waals surface area contributed by atoms with Crippen LogP contribution in [0.15, 0.2) is 35.1 Å². The molecular formula is C23H30N6O2. The van der Waals surface area contributed by atoms with Crippen LogP contribution in [-0.2, 0) is 13.1 Å². The Morgan fingerprint density at radius 2 is 1.87 bits per heavy atom. The minimum Gasteiger partial charge on any atom is -0.337 e. The summed E-state index contributed by atoms with van der Waals surface area (Å²) in [5.74, 6) is 1.05. The number of nitrogens with zero attached hydrogens (tertiary/aromatic N) is 6. The number of fused-ring (bicyclic) bond motifs is 3. The maximum atomic E-state index is 12.8. The van der Waals surface area contributed by atoms with Crippen LogP contribution in [0.1, 0.15) is 61.5 Å². The summed E-state index contributed by atoms with van der Waals surface area (Å²) < 4.78 is 7.54. The van der Waals surface area contributed by atoms with E-state index in [0.29, 0.717) is 36.1 Å². The van der Waals surface area contributed by atoms with Gasteiger partial charge in [-0.1, -0.05) is 44.0 Å². The molecule has 3 aromatic rings. The zero-order valence-corrected chi connectivity index (χ0v) is 18.5.